The summed E-state index contributed by atoms with van der Waals surface area (Å²) in [6.07, 6.45) is 1.58. The quantitative estimate of drug-likeness (QED) is 0.735. The molecule has 1 N–H and O–H groups in total. The predicted molar refractivity (Wildman–Crippen MR) is 79.1 cm³/mol. The molecule has 0 bridgehead atoms. The lowest BCUT2D eigenvalue weighted by atomic mass is 10.1. The number of H-pyrrole nitrogens is 1. The summed E-state index contributed by atoms with van der Waals surface area (Å²) in [6, 6.07) is 7.80. The Morgan fingerprint density at radius 3 is 2.90 bits per heavy atom. The van der Waals surface area contributed by atoms with Crippen molar-refractivity contribution >= 4 is 27.8 Å². The molecule has 4 rings (SSSR count). The van der Waals surface area contributed by atoms with Crippen LogP contribution >= 0.6 is 0 Å². The summed E-state index contributed by atoms with van der Waals surface area (Å²) in [7, 11) is 0. The average molecular weight is 279 g/mol. The third-order valence-corrected chi connectivity index (χ3v) is 3.81. The minimum Gasteiger partial charge on any atom is -0.378 e. The monoisotopic (exact) mass is 279 g/mol. The maximum absolute atomic E-state index is 9.11. The maximum Gasteiger partial charge on any atom is 0.143 e. The van der Waals surface area contributed by atoms with E-state index >= 15 is 0 Å². The molecule has 104 valence electrons. The number of morpholine rings is 1. The van der Waals surface area contributed by atoms with Crippen LogP contribution in [0.25, 0.3) is 21.9 Å². The smallest absolute Gasteiger partial charge is 0.143 e. The van der Waals surface area contributed by atoms with E-state index in [0.717, 1.165) is 40.8 Å². The zero-order valence-electron chi connectivity index (χ0n) is 11.3. The zero-order chi connectivity index (χ0) is 14.2. The molecule has 0 spiro atoms. The van der Waals surface area contributed by atoms with Crippen LogP contribution < -0.4 is 4.90 Å². The summed E-state index contributed by atoms with van der Waals surface area (Å²) >= 11 is 0. The number of nitrogens with zero attached hydrogens (tertiary/aromatic N) is 4. The van der Waals surface area contributed by atoms with Crippen LogP contribution in [0.5, 0.6) is 0 Å². The zero-order valence-corrected chi connectivity index (χ0v) is 11.3. The number of anilines is 1. The van der Waals surface area contributed by atoms with E-state index < -0.39 is 0 Å². The van der Waals surface area contributed by atoms with Gasteiger partial charge in [-0.3, -0.25) is 0 Å². The van der Waals surface area contributed by atoms with Gasteiger partial charge in [-0.15, -0.1) is 0 Å². The van der Waals surface area contributed by atoms with E-state index in [9.17, 15) is 0 Å². The molecule has 21 heavy (non-hydrogen) atoms. The highest BCUT2D eigenvalue weighted by Gasteiger charge is 2.18. The van der Waals surface area contributed by atoms with Crippen LogP contribution in [-0.2, 0) is 4.74 Å². The Labute approximate surface area is 121 Å². The van der Waals surface area contributed by atoms with E-state index in [4.69, 9.17) is 10.00 Å². The largest absolute Gasteiger partial charge is 0.378 e. The third kappa shape index (κ3) is 1.90. The van der Waals surface area contributed by atoms with Crippen LogP contribution in [0.2, 0.25) is 0 Å². The van der Waals surface area contributed by atoms with Gasteiger partial charge in [-0.25, -0.2) is 9.97 Å². The van der Waals surface area contributed by atoms with E-state index in [2.05, 4.69) is 25.9 Å². The minimum absolute atomic E-state index is 0.639. The lowest BCUT2D eigenvalue weighted by Crippen LogP contribution is -2.36. The fraction of sp³-hybridized carbons (Fsp3) is 0.267. The fourth-order valence-electron chi connectivity index (χ4n) is 2.79. The van der Waals surface area contributed by atoms with Crippen molar-refractivity contribution in [3.8, 4) is 6.07 Å². The molecule has 6 nitrogen and oxygen atoms in total. The van der Waals surface area contributed by atoms with Crippen molar-refractivity contribution in [2.75, 3.05) is 31.2 Å². The molecule has 1 aliphatic heterocycles. The first kappa shape index (κ1) is 12.1. The van der Waals surface area contributed by atoms with Gasteiger partial charge in [-0.05, 0) is 18.2 Å². The predicted octanol–water partition coefficient (Wildman–Crippen LogP) is 1.82. The minimum atomic E-state index is 0.639. The van der Waals surface area contributed by atoms with Crippen molar-refractivity contribution < 1.29 is 4.74 Å². The molecular weight excluding hydrogens is 266 g/mol. The van der Waals surface area contributed by atoms with Crippen molar-refractivity contribution in [2.24, 2.45) is 0 Å². The van der Waals surface area contributed by atoms with Crippen molar-refractivity contribution in [2.45, 2.75) is 0 Å². The van der Waals surface area contributed by atoms with E-state index in [1.54, 1.807) is 12.4 Å². The fourth-order valence-corrected chi connectivity index (χ4v) is 2.79. The number of aromatic nitrogens is 3. The van der Waals surface area contributed by atoms with Gasteiger partial charge in [0.1, 0.15) is 17.8 Å². The van der Waals surface area contributed by atoms with Gasteiger partial charge in [-0.1, -0.05) is 0 Å². The van der Waals surface area contributed by atoms with E-state index in [0.29, 0.717) is 18.8 Å². The number of nitrogens with one attached hydrogen (secondary N) is 1. The average Bonchev–Trinajstić information content (AvgIpc) is 2.93. The highest BCUT2D eigenvalue weighted by atomic mass is 16.5. The first-order valence-electron chi connectivity index (χ1n) is 6.86. The molecular formula is C15H13N5O. The van der Waals surface area contributed by atoms with Crippen LogP contribution in [0.1, 0.15) is 5.56 Å². The van der Waals surface area contributed by atoms with Gasteiger partial charge in [0.25, 0.3) is 0 Å². The molecule has 0 aliphatic carbocycles. The van der Waals surface area contributed by atoms with Crippen LogP contribution in [0.15, 0.2) is 24.5 Å². The molecule has 6 heteroatoms. The third-order valence-electron chi connectivity index (χ3n) is 3.81. The second kappa shape index (κ2) is 4.72. The highest BCUT2D eigenvalue weighted by molar-refractivity contribution is 6.11. The van der Waals surface area contributed by atoms with Crippen LogP contribution in [0.3, 0.4) is 0 Å². The maximum atomic E-state index is 9.11. The lowest BCUT2D eigenvalue weighted by molar-refractivity contribution is 0.122. The molecule has 3 heterocycles. The van der Waals surface area contributed by atoms with E-state index in [1.165, 1.54) is 0 Å². The summed E-state index contributed by atoms with van der Waals surface area (Å²) in [4.78, 5) is 14.3. The van der Waals surface area contributed by atoms with Crippen molar-refractivity contribution in [3.05, 3.63) is 30.1 Å². The Bertz CT molecular complexity index is 857. The molecule has 1 aromatic carbocycles. The van der Waals surface area contributed by atoms with Crippen molar-refractivity contribution in [1.82, 2.24) is 15.0 Å². The Kier molecular flexibility index (Phi) is 2.72. The van der Waals surface area contributed by atoms with Crippen LogP contribution in [0, 0.1) is 11.3 Å². The Morgan fingerprint density at radius 2 is 2.10 bits per heavy atom. The Morgan fingerprint density at radius 1 is 1.24 bits per heavy atom. The second-order valence-electron chi connectivity index (χ2n) is 5.02. The number of rotatable bonds is 1. The summed E-state index contributed by atoms with van der Waals surface area (Å²) in [5.74, 6) is 0.907. The van der Waals surface area contributed by atoms with Crippen LogP contribution in [0.4, 0.5) is 5.82 Å². The van der Waals surface area contributed by atoms with Gasteiger partial charge < -0.3 is 14.6 Å². The molecule has 1 aliphatic rings. The summed E-state index contributed by atoms with van der Waals surface area (Å²) < 4.78 is 5.40. The molecule has 2 aromatic heterocycles. The number of ether oxygens (including phenoxy) is 1. The topological polar surface area (TPSA) is 77.8 Å². The molecule has 1 fully saturated rings. The number of aromatic amines is 1. The number of fused-ring (bicyclic) bond motifs is 3. The van der Waals surface area contributed by atoms with Gasteiger partial charge in [0, 0.05) is 24.0 Å². The van der Waals surface area contributed by atoms with Crippen molar-refractivity contribution in [1.29, 1.82) is 5.26 Å². The Hall–Kier alpha value is -2.65. The molecule has 1 saturated heterocycles. The first-order valence-corrected chi connectivity index (χ1v) is 6.86. The first-order chi connectivity index (χ1) is 10.4. The molecule has 3 aromatic rings. The SMILES string of the molecule is N#Cc1ccc2[nH]c3ncnc(N4CCOCC4)c3c2c1. The lowest BCUT2D eigenvalue weighted by Gasteiger charge is -2.28. The summed E-state index contributed by atoms with van der Waals surface area (Å²) in [5, 5.41) is 11.1. The number of benzene rings is 1. The number of nitriles is 1. The van der Waals surface area contributed by atoms with Gasteiger partial charge in [-0.2, -0.15) is 5.26 Å². The van der Waals surface area contributed by atoms with Gasteiger partial charge in [0.05, 0.1) is 30.2 Å². The normalized spacial score (nSPS) is 15.5. The van der Waals surface area contributed by atoms with Gasteiger partial charge in [0.15, 0.2) is 0 Å². The molecule has 0 saturated carbocycles. The highest BCUT2D eigenvalue weighted by Crippen LogP contribution is 2.31. The summed E-state index contributed by atoms with van der Waals surface area (Å²) in [6.45, 7) is 3.04. The molecule has 0 radical (unpaired) electrons. The molecule has 0 unspecified atom stereocenters. The van der Waals surface area contributed by atoms with E-state index in [-0.39, 0.29) is 0 Å². The standard InChI is InChI=1S/C15H13N5O/c16-8-10-1-2-12-11(7-10)13-14(19-12)17-9-18-15(13)20-3-5-21-6-4-20/h1-2,7,9H,3-6H2,(H,17,18,19). The van der Waals surface area contributed by atoms with Gasteiger partial charge in [0.2, 0.25) is 0 Å². The second-order valence-corrected chi connectivity index (χ2v) is 5.02. The molecule has 0 amide bonds. The van der Waals surface area contributed by atoms with Gasteiger partial charge >= 0.3 is 0 Å². The van der Waals surface area contributed by atoms with Crippen molar-refractivity contribution in [3.63, 3.8) is 0 Å². The van der Waals surface area contributed by atoms with E-state index in [1.807, 2.05) is 12.1 Å². The number of hydrogen-bond acceptors (Lipinski definition) is 5. The molecule has 0 atom stereocenters. The van der Waals surface area contributed by atoms with Crippen LogP contribution in [-0.4, -0.2) is 41.3 Å². The summed E-state index contributed by atoms with van der Waals surface area (Å²) in [5.41, 5.74) is 2.41. The Balaban J connectivity index is 1.99. The number of hydrogen-bond donors (Lipinski definition) is 1.